The number of carbonyl (C=O) groups is 1. The van der Waals surface area contributed by atoms with E-state index in [9.17, 15) is 4.79 Å². The Morgan fingerprint density at radius 1 is 1.53 bits per heavy atom. The molecule has 0 saturated heterocycles. The molecule has 1 aromatic carbocycles. The summed E-state index contributed by atoms with van der Waals surface area (Å²) in [6.45, 7) is 4.14. The highest BCUT2D eigenvalue weighted by Crippen LogP contribution is 2.24. The van der Waals surface area contributed by atoms with Crippen LogP contribution in [-0.2, 0) is 0 Å². The minimum absolute atomic E-state index is 0.296. The summed E-state index contributed by atoms with van der Waals surface area (Å²) < 4.78 is 5.52. The van der Waals surface area contributed by atoms with Gasteiger partial charge in [-0.3, -0.25) is 4.79 Å². The number of hydrogen-bond donors (Lipinski definition) is 2. The van der Waals surface area contributed by atoms with Gasteiger partial charge in [0.2, 0.25) is 0 Å². The van der Waals surface area contributed by atoms with Gasteiger partial charge in [0.25, 0.3) is 5.91 Å². The van der Waals surface area contributed by atoms with Crippen LogP contribution in [0.5, 0.6) is 5.75 Å². The van der Waals surface area contributed by atoms with Crippen molar-refractivity contribution in [3.8, 4) is 5.75 Å². The number of carbonyl (C=O) groups excluding carboxylic acids is 1. The SMILES string of the molecule is CCC(C)(N)COc1cc(Cl)ccc1C(N)=O. The van der Waals surface area contributed by atoms with Crippen LogP contribution in [0.4, 0.5) is 0 Å². The molecule has 0 fully saturated rings. The van der Waals surface area contributed by atoms with Crippen LogP contribution in [-0.4, -0.2) is 18.1 Å². The average Bonchev–Trinajstić information content (AvgIpc) is 2.26. The summed E-state index contributed by atoms with van der Waals surface area (Å²) in [4.78, 5) is 11.2. The lowest BCUT2D eigenvalue weighted by Gasteiger charge is -2.23. The maximum atomic E-state index is 11.2. The lowest BCUT2D eigenvalue weighted by molar-refractivity contribution is 0.0994. The highest BCUT2D eigenvalue weighted by molar-refractivity contribution is 6.30. The fourth-order valence-corrected chi connectivity index (χ4v) is 1.33. The Hall–Kier alpha value is -1.26. The zero-order valence-electron chi connectivity index (χ0n) is 10.00. The predicted molar refractivity (Wildman–Crippen MR) is 68.3 cm³/mol. The standard InChI is InChI=1S/C12H17ClN2O2/c1-3-12(2,15)7-17-10-6-8(13)4-5-9(10)11(14)16/h4-6H,3,7,15H2,1-2H3,(H2,14,16). The highest BCUT2D eigenvalue weighted by Gasteiger charge is 2.18. The van der Waals surface area contributed by atoms with Gasteiger partial charge in [-0.1, -0.05) is 18.5 Å². The van der Waals surface area contributed by atoms with Crippen molar-refractivity contribution < 1.29 is 9.53 Å². The molecule has 0 aliphatic carbocycles. The molecule has 4 N–H and O–H groups in total. The van der Waals surface area contributed by atoms with Crippen molar-refractivity contribution in [1.82, 2.24) is 0 Å². The first-order valence-corrected chi connectivity index (χ1v) is 5.74. The van der Waals surface area contributed by atoms with Crippen molar-refractivity contribution in [2.75, 3.05) is 6.61 Å². The maximum absolute atomic E-state index is 11.2. The maximum Gasteiger partial charge on any atom is 0.252 e. The van der Waals surface area contributed by atoms with Crippen LogP contribution < -0.4 is 16.2 Å². The molecule has 94 valence electrons. The Balaban J connectivity index is 2.89. The van der Waals surface area contributed by atoms with Crippen LogP contribution in [0.25, 0.3) is 0 Å². The summed E-state index contributed by atoms with van der Waals surface area (Å²) in [6, 6.07) is 4.70. The molecule has 1 amide bonds. The minimum atomic E-state index is -0.549. The molecule has 0 aromatic heterocycles. The second-order valence-electron chi connectivity index (χ2n) is 4.30. The van der Waals surface area contributed by atoms with Crippen molar-refractivity contribution in [3.05, 3.63) is 28.8 Å². The second-order valence-corrected chi connectivity index (χ2v) is 4.74. The summed E-state index contributed by atoms with van der Waals surface area (Å²) in [5.41, 5.74) is 11.1. The molecular weight excluding hydrogens is 240 g/mol. The first kappa shape index (κ1) is 13.8. The van der Waals surface area contributed by atoms with E-state index < -0.39 is 11.4 Å². The van der Waals surface area contributed by atoms with Crippen molar-refractivity contribution >= 4 is 17.5 Å². The molecule has 1 unspecified atom stereocenters. The van der Waals surface area contributed by atoms with Gasteiger partial charge in [-0.25, -0.2) is 0 Å². The Bertz CT molecular complexity index is 419. The number of benzene rings is 1. The molecule has 1 rings (SSSR count). The molecule has 5 heteroatoms. The van der Waals surface area contributed by atoms with E-state index in [-0.39, 0.29) is 0 Å². The first-order chi connectivity index (χ1) is 7.85. The van der Waals surface area contributed by atoms with E-state index in [0.717, 1.165) is 6.42 Å². The molecule has 0 spiro atoms. The van der Waals surface area contributed by atoms with Crippen LogP contribution in [0.15, 0.2) is 18.2 Å². The van der Waals surface area contributed by atoms with E-state index in [1.54, 1.807) is 18.2 Å². The number of primary amides is 1. The van der Waals surface area contributed by atoms with E-state index in [2.05, 4.69) is 0 Å². The third-order valence-corrected chi connectivity index (χ3v) is 2.81. The van der Waals surface area contributed by atoms with Crippen molar-refractivity contribution in [3.63, 3.8) is 0 Å². The summed E-state index contributed by atoms with van der Waals surface area (Å²) in [5, 5.41) is 0.486. The van der Waals surface area contributed by atoms with Crippen LogP contribution in [0.1, 0.15) is 30.6 Å². The minimum Gasteiger partial charge on any atom is -0.491 e. The van der Waals surface area contributed by atoms with Gasteiger partial charge >= 0.3 is 0 Å². The van der Waals surface area contributed by atoms with Crippen molar-refractivity contribution in [2.24, 2.45) is 11.5 Å². The smallest absolute Gasteiger partial charge is 0.252 e. The van der Waals surface area contributed by atoms with Gasteiger partial charge in [-0.15, -0.1) is 0 Å². The van der Waals surface area contributed by atoms with Gasteiger partial charge in [0.1, 0.15) is 12.4 Å². The third kappa shape index (κ3) is 3.91. The van der Waals surface area contributed by atoms with E-state index in [4.69, 9.17) is 27.8 Å². The molecule has 0 heterocycles. The first-order valence-electron chi connectivity index (χ1n) is 5.37. The van der Waals surface area contributed by atoms with Crippen molar-refractivity contribution in [1.29, 1.82) is 0 Å². The quantitative estimate of drug-likeness (QED) is 0.845. The number of amides is 1. The van der Waals surface area contributed by atoms with Gasteiger partial charge in [0.05, 0.1) is 5.56 Å². The fourth-order valence-electron chi connectivity index (χ4n) is 1.16. The van der Waals surface area contributed by atoms with Crippen LogP contribution in [0.3, 0.4) is 0 Å². The average molecular weight is 257 g/mol. The number of rotatable bonds is 5. The molecule has 0 radical (unpaired) electrons. The lowest BCUT2D eigenvalue weighted by Crippen LogP contribution is -2.41. The molecule has 1 aromatic rings. The van der Waals surface area contributed by atoms with Crippen molar-refractivity contribution in [2.45, 2.75) is 25.8 Å². The summed E-state index contributed by atoms with van der Waals surface area (Å²) in [7, 11) is 0. The monoisotopic (exact) mass is 256 g/mol. The molecule has 0 bridgehead atoms. The summed E-state index contributed by atoms with van der Waals surface area (Å²) in [6.07, 6.45) is 0.763. The topological polar surface area (TPSA) is 78.3 Å². The van der Waals surface area contributed by atoms with Gasteiger partial charge < -0.3 is 16.2 Å². The molecule has 1 atom stereocenters. The molecule has 17 heavy (non-hydrogen) atoms. The Morgan fingerprint density at radius 3 is 2.71 bits per heavy atom. The third-order valence-electron chi connectivity index (χ3n) is 2.57. The van der Waals surface area contributed by atoms with Gasteiger partial charge in [0, 0.05) is 10.6 Å². The van der Waals surface area contributed by atoms with Gasteiger partial charge in [0.15, 0.2) is 0 Å². The van der Waals surface area contributed by atoms with E-state index in [1.165, 1.54) is 0 Å². The predicted octanol–water partition coefficient (Wildman–Crippen LogP) is 1.95. The van der Waals surface area contributed by atoms with E-state index in [1.807, 2.05) is 13.8 Å². The number of ether oxygens (including phenoxy) is 1. The molecule has 0 aliphatic rings. The van der Waals surface area contributed by atoms with E-state index >= 15 is 0 Å². The molecular formula is C12H17ClN2O2. The van der Waals surface area contributed by atoms with Crippen LogP contribution in [0, 0.1) is 0 Å². The zero-order chi connectivity index (χ0) is 13.1. The van der Waals surface area contributed by atoms with Gasteiger partial charge in [-0.05, 0) is 31.5 Å². The molecule has 0 aliphatic heterocycles. The summed E-state index contributed by atoms with van der Waals surface area (Å²) in [5.74, 6) is -0.179. The highest BCUT2D eigenvalue weighted by atomic mass is 35.5. The fraction of sp³-hybridized carbons (Fsp3) is 0.417. The Kier molecular flexibility index (Phi) is 4.37. The second kappa shape index (κ2) is 5.38. The Labute approximate surface area is 106 Å². The number of hydrogen-bond acceptors (Lipinski definition) is 3. The van der Waals surface area contributed by atoms with Gasteiger partial charge in [-0.2, -0.15) is 0 Å². The largest absolute Gasteiger partial charge is 0.491 e. The molecule has 0 saturated carbocycles. The molecule has 4 nitrogen and oxygen atoms in total. The Morgan fingerprint density at radius 2 is 2.18 bits per heavy atom. The van der Waals surface area contributed by atoms with Crippen LogP contribution >= 0.6 is 11.6 Å². The number of halogens is 1. The van der Waals surface area contributed by atoms with E-state index in [0.29, 0.717) is 22.9 Å². The van der Waals surface area contributed by atoms with Crippen LogP contribution in [0.2, 0.25) is 5.02 Å². The normalized spacial score (nSPS) is 14.1. The number of nitrogens with two attached hydrogens (primary N) is 2. The lowest BCUT2D eigenvalue weighted by atomic mass is 10.0. The zero-order valence-corrected chi connectivity index (χ0v) is 10.8. The summed E-state index contributed by atoms with van der Waals surface area (Å²) >= 11 is 5.84.